The summed E-state index contributed by atoms with van der Waals surface area (Å²) in [5, 5.41) is 3.02. The number of carbonyl (C=O) groups is 2. The van der Waals surface area contributed by atoms with Crippen molar-refractivity contribution in [3.63, 3.8) is 0 Å². The molecule has 1 fully saturated rings. The van der Waals surface area contributed by atoms with Crippen LogP contribution in [0.4, 0.5) is 10.5 Å². The number of benzene rings is 2. The lowest BCUT2D eigenvalue weighted by atomic mass is 9.79. The summed E-state index contributed by atoms with van der Waals surface area (Å²) in [7, 11) is 4.00. The van der Waals surface area contributed by atoms with E-state index in [2.05, 4.69) is 34.5 Å². The zero-order valence-electron chi connectivity index (χ0n) is 20.9. The van der Waals surface area contributed by atoms with Gasteiger partial charge in [0.25, 0.3) is 0 Å². The number of urea groups is 1. The maximum atomic E-state index is 12.7. The van der Waals surface area contributed by atoms with Crippen molar-refractivity contribution in [3.8, 4) is 0 Å². The monoisotopic (exact) mass is 479 g/mol. The standard InChI is InChI=1S/C28H37N3O4/c1-30(2)15-16-34-17-18-35-27(32)23-9-7-21(8-10-23)22-11-13-26(14-12-22)29-28(33)31-19-24-5-3-4-6-25(24)20-31/h3-6,11-14,21,23H,7-10,15-20H2,1-2H3,(H,29,33). The van der Waals surface area contributed by atoms with Crippen LogP contribution in [0, 0.1) is 5.92 Å². The fraction of sp³-hybridized carbons (Fsp3) is 0.500. The number of ether oxygens (including phenoxy) is 2. The van der Waals surface area contributed by atoms with Gasteiger partial charge >= 0.3 is 12.0 Å². The molecule has 1 saturated carbocycles. The van der Waals surface area contributed by atoms with Crippen molar-refractivity contribution >= 4 is 17.7 Å². The minimum absolute atomic E-state index is 0.0174. The zero-order chi connectivity index (χ0) is 24.6. The molecule has 1 aliphatic heterocycles. The fourth-order valence-corrected chi connectivity index (χ4v) is 4.85. The van der Waals surface area contributed by atoms with Gasteiger partial charge in [0.1, 0.15) is 6.61 Å². The van der Waals surface area contributed by atoms with Crippen molar-refractivity contribution < 1.29 is 19.1 Å². The highest BCUT2D eigenvalue weighted by Crippen LogP contribution is 2.36. The molecule has 1 N–H and O–H groups in total. The lowest BCUT2D eigenvalue weighted by molar-refractivity contribution is -0.151. The van der Waals surface area contributed by atoms with E-state index in [1.807, 2.05) is 43.3 Å². The molecule has 7 nitrogen and oxygen atoms in total. The molecule has 0 saturated heterocycles. The molecule has 7 heteroatoms. The molecule has 0 radical (unpaired) electrons. The van der Waals surface area contributed by atoms with E-state index in [1.54, 1.807) is 0 Å². The van der Waals surface area contributed by atoms with Crippen molar-refractivity contribution in [3.05, 3.63) is 65.2 Å². The number of rotatable bonds is 9. The average molecular weight is 480 g/mol. The normalized spacial score (nSPS) is 19.5. The van der Waals surface area contributed by atoms with Crippen LogP contribution in [0.3, 0.4) is 0 Å². The Morgan fingerprint density at radius 1 is 0.914 bits per heavy atom. The van der Waals surface area contributed by atoms with Gasteiger partial charge in [-0.15, -0.1) is 0 Å². The lowest BCUT2D eigenvalue weighted by Gasteiger charge is -2.27. The van der Waals surface area contributed by atoms with Gasteiger partial charge in [-0.25, -0.2) is 4.79 Å². The Hall–Kier alpha value is -2.90. The van der Waals surface area contributed by atoms with E-state index in [9.17, 15) is 9.59 Å². The van der Waals surface area contributed by atoms with Crippen molar-refractivity contribution in [2.45, 2.75) is 44.7 Å². The molecule has 0 bridgehead atoms. The van der Waals surface area contributed by atoms with Gasteiger partial charge in [0.2, 0.25) is 0 Å². The molecule has 2 aromatic rings. The molecule has 0 unspecified atom stereocenters. The SMILES string of the molecule is CN(C)CCOCCOC(=O)C1CCC(c2ccc(NC(=O)N3Cc4ccccc4C3)cc2)CC1. The van der Waals surface area contributed by atoms with E-state index in [0.29, 0.717) is 38.8 Å². The van der Waals surface area contributed by atoms with E-state index in [4.69, 9.17) is 9.47 Å². The molecule has 1 heterocycles. The van der Waals surface area contributed by atoms with Crippen LogP contribution in [0.15, 0.2) is 48.5 Å². The van der Waals surface area contributed by atoms with Crippen LogP contribution >= 0.6 is 0 Å². The maximum Gasteiger partial charge on any atom is 0.322 e. The van der Waals surface area contributed by atoms with Gasteiger partial charge in [-0.05, 0) is 74.5 Å². The molecule has 1 aliphatic carbocycles. The second kappa shape index (κ2) is 12.2. The van der Waals surface area contributed by atoms with Crippen molar-refractivity contribution in [1.82, 2.24) is 9.80 Å². The number of carbonyl (C=O) groups excluding carboxylic acids is 2. The number of fused-ring (bicyclic) bond motifs is 1. The van der Waals surface area contributed by atoms with Crippen LogP contribution in [-0.4, -0.2) is 62.3 Å². The van der Waals surface area contributed by atoms with E-state index in [0.717, 1.165) is 37.9 Å². The number of amides is 2. The van der Waals surface area contributed by atoms with Crippen molar-refractivity contribution in [1.29, 1.82) is 0 Å². The minimum Gasteiger partial charge on any atom is -0.463 e. The highest BCUT2D eigenvalue weighted by atomic mass is 16.6. The molecule has 0 atom stereocenters. The summed E-state index contributed by atoms with van der Waals surface area (Å²) in [6, 6.07) is 16.3. The van der Waals surface area contributed by atoms with E-state index >= 15 is 0 Å². The average Bonchev–Trinajstić information content (AvgIpc) is 3.31. The first-order valence-corrected chi connectivity index (χ1v) is 12.6. The summed E-state index contributed by atoms with van der Waals surface area (Å²) < 4.78 is 10.9. The Morgan fingerprint density at radius 3 is 2.20 bits per heavy atom. The minimum atomic E-state index is -0.0956. The van der Waals surface area contributed by atoms with Gasteiger partial charge in [0.15, 0.2) is 0 Å². The van der Waals surface area contributed by atoms with Crippen LogP contribution in [0.25, 0.3) is 0 Å². The molecule has 0 aromatic heterocycles. The Balaban J connectivity index is 1.17. The number of likely N-dealkylation sites (N-methyl/N-ethyl adjacent to an activating group) is 1. The van der Waals surface area contributed by atoms with Gasteiger partial charge in [-0.1, -0.05) is 36.4 Å². The molecular formula is C28H37N3O4. The first kappa shape index (κ1) is 25.2. The van der Waals surface area contributed by atoms with Gasteiger partial charge < -0.3 is 24.6 Å². The Labute approximate surface area is 208 Å². The van der Waals surface area contributed by atoms with Crippen LogP contribution in [0.1, 0.15) is 48.3 Å². The summed E-state index contributed by atoms with van der Waals surface area (Å²) in [4.78, 5) is 29.0. The molecule has 0 spiro atoms. The maximum absolute atomic E-state index is 12.7. The molecular weight excluding hydrogens is 442 g/mol. The third kappa shape index (κ3) is 7.05. The topological polar surface area (TPSA) is 71.1 Å². The third-order valence-corrected chi connectivity index (χ3v) is 6.98. The summed E-state index contributed by atoms with van der Waals surface area (Å²) in [6.07, 6.45) is 3.63. The molecule has 188 valence electrons. The smallest absolute Gasteiger partial charge is 0.322 e. The van der Waals surface area contributed by atoms with Crippen LogP contribution < -0.4 is 5.32 Å². The van der Waals surface area contributed by atoms with E-state index < -0.39 is 0 Å². The van der Waals surface area contributed by atoms with Crippen LogP contribution in [0.5, 0.6) is 0 Å². The predicted octanol–water partition coefficient (Wildman–Crippen LogP) is 4.63. The number of hydrogen-bond donors (Lipinski definition) is 1. The number of anilines is 1. The quantitative estimate of drug-likeness (QED) is 0.419. The molecule has 4 rings (SSSR count). The highest BCUT2D eigenvalue weighted by Gasteiger charge is 2.28. The van der Waals surface area contributed by atoms with Gasteiger partial charge in [0.05, 0.1) is 19.1 Å². The Bertz CT molecular complexity index is 959. The van der Waals surface area contributed by atoms with Gasteiger partial charge in [-0.3, -0.25) is 4.79 Å². The second-order valence-electron chi connectivity index (χ2n) is 9.81. The third-order valence-electron chi connectivity index (χ3n) is 6.98. The van der Waals surface area contributed by atoms with Crippen molar-refractivity contribution in [2.75, 3.05) is 45.8 Å². The predicted molar refractivity (Wildman–Crippen MR) is 136 cm³/mol. The summed E-state index contributed by atoms with van der Waals surface area (Å²) in [5.41, 5.74) is 4.49. The van der Waals surface area contributed by atoms with Gasteiger partial charge in [-0.2, -0.15) is 0 Å². The molecule has 35 heavy (non-hydrogen) atoms. The lowest BCUT2D eigenvalue weighted by Crippen LogP contribution is -2.30. The highest BCUT2D eigenvalue weighted by molar-refractivity contribution is 5.89. The van der Waals surface area contributed by atoms with E-state index in [1.165, 1.54) is 16.7 Å². The molecule has 2 aromatic carbocycles. The largest absolute Gasteiger partial charge is 0.463 e. The van der Waals surface area contributed by atoms with Crippen LogP contribution in [0.2, 0.25) is 0 Å². The number of esters is 1. The Kier molecular flexibility index (Phi) is 8.77. The zero-order valence-corrected chi connectivity index (χ0v) is 20.9. The molecule has 2 amide bonds. The Morgan fingerprint density at radius 2 is 1.57 bits per heavy atom. The molecule has 2 aliphatic rings. The number of hydrogen-bond acceptors (Lipinski definition) is 5. The summed E-state index contributed by atoms with van der Waals surface area (Å²) in [5.74, 6) is 0.323. The van der Waals surface area contributed by atoms with E-state index in [-0.39, 0.29) is 17.9 Å². The first-order valence-electron chi connectivity index (χ1n) is 12.6. The summed E-state index contributed by atoms with van der Waals surface area (Å²) >= 11 is 0. The number of nitrogens with zero attached hydrogens (tertiary/aromatic N) is 2. The second-order valence-corrected chi connectivity index (χ2v) is 9.81. The fourth-order valence-electron chi connectivity index (χ4n) is 4.85. The number of nitrogens with one attached hydrogen (secondary N) is 1. The summed E-state index contributed by atoms with van der Waals surface area (Å²) in [6.45, 7) is 3.57. The van der Waals surface area contributed by atoms with Crippen molar-refractivity contribution in [2.24, 2.45) is 5.92 Å². The van der Waals surface area contributed by atoms with Gasteiger partial charge in [0, 0.05) is 25.3 Å². The first-order chi connectivity index (χ1) is 17.0. The van der Waals surface area contributed by atoms with Crippen LogP contribution in [-0.2, 0) is 27.4 Å².